The Morgan fingerprint density at radius 1 is 1.07 bits per heavy atom. The molecule has 4 nitrogen and oxygen atoms in total. The molecule has 1 N–H and O–H groups in total. The van der Waals surface area contributed by atoms with Crippen molar-refractivity contribution < 1.29 is 19.0 Å². The number of methoxy groups -OCH3 is 1. The smallest absolute Gasteiger partial charge is 0.335 e. The highest BCUT2D eigenvalue weighted by Crippen LogP contribution is 2.32. The predicted molar refractivity (Wildman–Crippen MR) is 104 cm³/mol. The van der Waals surface area contributed by atoms with Crippen LogP contribution in [0.2, 0.25) is 0 Å². The fourth-order valence-electron chi connectivity index (χ4n) is 3.15. The molecule has 0 aliphatic carbocycles. The van der Waals surface area contributed by atoms with Crippen LogP contribution in [0.5, 0.6) is 5.75 Å². The van der Waals surface area contributed by atoms with Crippen molar-refractivity contribution in [2.24, 2.45) is 0 Å². The average Bonchev–Trinajstić information content (AvgIpc) is 2.72. The second-order valence-corrected chi connectivity index (χ2v) is 6.41. The van der Waals surface area contributed by atoms with Gasteiger partial charge >= 0.3 is 5.97 Å². The number of rotatable bonds is 5. The van der Waals surface area contributed by atoms with Gasteiger partial charge < -0.3 is 9.84 Å². The van der Waals surface area contributed by atoms with Gasteiger partial charge in [0.25, 0.3) is 0 Å². The largest absolute Gasteiger partial charge is 0.494 e. The Kier molecular flexibility index (Phi) is 5.42. The van der Waals surface area contributed by atoms with Gasteiger partial charge in [-0.1, -0.05) is 37.3 Å². The van der Waals surface area contributed by atoms with Crippen LogP contribution in [-0.4, -0.2) is 18.2 Å². The number of carbonyl (C=O) groups is 1. The molecule has 140 valence electrons. The zero-order valence-electron chi connectivity index (χ0n) is 15.4. The van der Waals surface area contributed by atoms with E-state index in [0.29, 0.717) is 11.1 Å². The maximum atomic E-state index is 14.0. The molecule has 28 heavy (non-hydrogen) atoms. The van der Waals surface area contributed by atoms with Gasteiger partial charge in [-0.15, -0.1) is 0 Å². The summed E-state index contributed by atoms with van der Waals surface area (Å²) in [5.41, 5.74) is 3.82. The Bertz CT molecular complexity index is 1070. The summed E-state index contributed by atoms with van der Waals surface area (Å²) in [6.07, 6.45) is 0. The SMILES string of the molecule is COc1ccc(-c2ccc(C(C)c3ccc(C(=O)O)cc3)c(C#N)c2)cc1F. The standard InChI is InChI=1S/C23H18FNO3/c1-14(15-3-5-16(6-4-15)23(26)27)20-9-7-17(11-19(20)13-25)18-8-10-22(28-2)21(24)12-18/h3-12,14H,1-2H3,(H,26,27). The van der Waals surface area contributed by atoms with E-state index in [0.717, 1.165) is 16.7 Å². The van der Waals surface area contributed by atoms with Gasteiger partial charge in [0.2, 0.25) is 0 Å². The normalized spacial score (nSPS) is 11.5. The number of aromatic carboxylic acids is 1. The predicted octanol–water partition coefficient (Wildman–Crippen LogP) is 5.22. The maximum Gasteiger partial charge on any atom is 0.335 e. The number of benzene rings is 3. The molecule has 0 saturated heterocycles. The fourth-order valence-corrected chi connectivity index (χ4v) is 3.15. The summed E-state index contributed by atoms with van der Waals surface area (Å²) in [6, 6.07) is 18.9. The zero-order valence-corrected chi connectivity index (χ0v) is 15.4. The summed E-state index contributed by atoms with van der Waals surface area (Å²) in [5.74, 6) is -1.37. The summed E-state index contributed by atoms with van der Waals surface area (Å²) in [7, 11) is 1.41. The van der Waals surface area contributed by atoms with Crippen molar-refractivity contribution in [1.29, 1.82) is 5.26 Å². The minimum atomic E-state index is -0.979. The number of nitriles is 1. The van der Waals surface area contributed by atoms with Crippen LogP contribution in [0, 0.1) is 17.1 Å². The van der Waals surface area contributed by atoms with Crippen molar-refractivity contribution in [1.82, 2.24) is 0 Å². The molecule has 3 rings (SSSR count). The van der Waals surface area contributed by atoms with Crippen molar-refractivity contribution in [2.45, 2.75) is 12.8 Å². The molecule has 0 fully saturated rings. The number of hydrogen-bond donors (Lipinski definition) is 1. The minimum Gasteiger partial charge on any atom is -0.494 e. The maximum absolute atomic E-state index is 14.0. The zero-order chi connectivity index (χ0) is 20.3. The molecule has 5 heteroatoms. The van der Waals surface area contributed by atoms with Gasteiger partial charge in [0.1, 0.15) is 0 Å². The molecule has 1 atom stereocenters. The first-order valence-corrected chi connectivity index (χ1v) is 8.65. The molecule has 3 aromatic carbocycles. The lowest BCUT2D eigenvalue weighted by molar-refractivity contribution is 0.0697. The van der Waals surface area contributed by atoms with Crippen LogP contribution >= 0.6 is 0 Å². The van der Waals surface area contributed by atoms with E-state index in [1.807, 2.05) is 19.1 Å². The highest BCUT2D eigenvalue weighted by Gasteiger charge is 2.15. The lowest BCUT2D eigenvalue weighted by Crippen LogP contribution is -2.01. The number of carboxylic acids is 1. The van der Waals surface area contributed by atoms with Gasteiger partial charge in [0.05, 0.1) is 24.3 Å². The molecule has 1 unspecified atom stereocenters. The molecule has 3 aromatic rings. The molecule has 0 saturated carbocycles. The Morgan fingerprint density at radius 2 is 1.71 bits per heavy atom. The first-order valence-electron chi connectivity index (χ1n) is 8.65. The average molecular weight is 375 g/mol. The van der Waals surface area contributed by atoms with Crippen LogP contribution in [0.3, 0.4) is 0 Å². The van der Waals surface area contributed by atoms with Gasteiger partial charge in [0.15, 0.2) is 11.6 Å². The van der Waals surface area contributed by atoms with Crippen molar-refractivity contribution in [3.8, 4) is 22.9 Å². The lowest BCUT2D eigenvalue weighted by atomic mass is 9.88. The number of nitrogens with zero attached hydrogens (tertiary/aromatic N) is 1. The van der Waals surface area contributed by atoms with Crippen LogP contribution in [-0.2, 0) is 0 Å². The van der Waals surface area contributed by atoms with E-state index in [2.05, 4.69) is 6.07 Å². The Labute approximate surface area is 162 Å². The summed E-state index contributed by atoms with van der Waals surface area (Å²) in [6.45, 7) is 1.96. The van der Waals surface area contributed by atoms with Crippen LogP contribution in [0.4, 0.5) is 4.39 Å². The van der Waals surface area contributed by atoms with E-state index in [-0.39, 0.29) is 17.2 Å². The number of hydrogen-bond acceptors (Lipinski definition) is 3. The lowest BCUT2D eigenvalue weighted by Gasteiger charge is -2.16. The molecule has 0 amide bonds. The molecule has 0 aromatic heterocycles. The molecule has 0 aliphatic heterocycles. The topological polar surface area (TPSA) is 70.3 Å². The van der Waals surface area contributed by atoms with Crippen LogP contribution in [0.1, 0.15) is 39.9 Å². The highest BCUT2D eigenvalue weighted by molar-refractivity contribution is 5.87. The molecule has 0 bridgehead atoms. The second kappa shape index (κ2) is 7.93. The quantitative estimate of drug-likeness (QED) is 0.663. The fraction of sp³-hybridized carbons (Fsp3) is 0.130. The van der Waals surface area contributed by atoms with Gasteiger partial charge in [0, 0.05) is 5.92 Å². The first-order chi connectivity index (χ1) is 13.4. The molecular weight excluding hydrogens is 357 g/mol. The Morgan fingerprint density at radius 3 is 2.29 bits per heavy atom. The minimum absolute atomic E-state index is 0.0980. The Balaban J connectivity index is 1.96. The van der Waals surface area contributed by atoms with E-state index in [9.17, 15) is 14.4 Å². The monoisotopic (exact) mass is 375 g/mol. The number of carboxylic acid groups (broad SMARTS) is 1. The van der Waals surface area contributed by atoms with Crippen molar-refractivity contribution in [2.75, 3.05) is 7.11 Å². The molecule has 0 heterocycles. The van der Waals surface area contributed by atoms with Gasteiger partial charge in [-0.25, -0.2) is 9.18 Å². The van der Waals surface area contributed by atoms with Crippen LogP contribution in [0.15, 0.2) is 60.7 Å². The van der Waals surface area contributed by atoms with E-state index in [1.165, 1.54) is 13.2 Å². The Hall–Kier alpha value is -3.65. The van der Waals surface area contributed by atoms with E-state index in [4.69, 9.17) is 9.84 Å². The van der Waals surface area contributed by atoms with E-state index in [1.54, 1.807) is 42.5 Å². The van der Waals surface area contributed by atoms with Crippen LogP contribution in [0.25, 0.3) is 11.1 Å². The van der Waals surface area contributed by atoms with Gasteiger partial charge in [-0.2, -0.15) is 5.26 Å². The number of ether oxygens (including phenoxy) is 1. The molecule has 0 radical (unpaired) electrons. The second-order valence-electron chi connectivity index (χ2n) is 6.41. The summed E-state index contributed by atoms with van der Waals surface area (Å²) >= 11 is 0. The summed E-state index contributed by atoms with van der Waals surface area (Å²) in [5, 5.41) is 18.6. The third-order valence-electron chi connectivity index (χ3n) is 4.78. The number of halogens is 1. The third-order valence-corrected chi connectivity index (χ3v) is 4.78. The summed E-state index contributed by atoms with van der Waals surface area (Å²) < 4.78 is 18.9. The highest BCUT2D eigenvalue weighted by atomic mass is 19.1. The first kappa shape index (κ1) is 19.1. The summed E-state index contributed by atoms with van der Waals surface area (Å²) in [4.78, 5) is 11.0. The van der Waals surface area contributed by atoms with E-state index >= 15 is 0 Å². The van der Waals surface area contributed by atoms with Gasteiger partial charge in [-0.05, 0) is 52.6 Å². The van der Waals surface area contributed by atoms with Gasteiger partial charge in [-0.3, -0.25) is 0 Å². The van der Waals surface area contributed by atoms with Crippen molar-refractivity contribution in [3.05, 3.63) is 88.7 Å². The third kappa shape index (κ3) is 3.72. The molecular formula is C23H18FNO3. The van der Waals surface area contributed by atoms with Crippen molar-refractivity contribution >= 4 is 5.97 Å². The van der Waals surface area contributed by atoms with Crippen LogP contribution < -0.4 is 4.74 Å². The molecule has 0 spiro atoms. The van der Waals surface area contributed by atoms with E-state index < -0.39 is 11.8 Å². The molecule has 0 aliphatic rings. The van der Waals surface area contributed by atoms with Crippen molar-refractivity contribution in [3.63, 3.8) is 0 Å².